The lowest BCUT2D eigenvalue weighted by Crippen LogP contribution is -2.46. The van der Waals surface area contributed by atoms with E-state index in [9.17, 15) is 13.2 Å². The maximum Gasteiger partial charge on any atom is 0.409 e. The first-order valence-electron chi connectivity index (χ1n) is 8.11. The van der Waals surface area contributed by atoms with Gasteiger partial charge in [0.2, 0.25) is 0 Å². The fraction of sp³-hybridized carbons (Fsp3) is 0.467. The van der Waals surface area contributed by atoms with Gasteiger partial charge in [-0.1, -0.05) is 0 Å². The van der Waals surface area contributed by atoms with Crippen LogP contribution in [0.5, 0.6) is 0 Å². The second-order valence-corrected chi connectivity index (χ2v) is 7.03. The monoisotopic (exact) mass is 383 g/mol. The van der Waals surface area contributed by atoms with Gasteiger partial charge in [-0.05, 0) is 22.7 Å². The van der Waals surface area contributed by atoms with E-state index in [0.717, 1.165) is 37.4 Å². The van der Waals surface area contributed by atoms with Crippen molar-refractivity contribution in [2.75, 3.05) is 31.1 Å². The van der Waals surface area contributed by atoms with E-state index in [4.69, 9.17) is 0 Å². The average molecular weight is 383 g/mol. The molecule has 0 atom stereocenters. The van der Waals surface area contributed by atoms with Gasteiger partial charge in [-0.15, -0.1) is 21.5 Å². The normalized spacial score (nSPS) is 16.5. The van der Waals surface area contributed by atoms with Gasteiger partial charge in [0.15, 0.2) is 12.4 Å². The highest BCUT2D eigenvalue weighted by molar-refractivity contribution is 7.17. The Kier molecular flexibility index (Phi) is 4.49. The molecule has 1 saturated heterocycles. The Morgan fingerprint density at radius 2 is 1.92 bits per heavy atom. The Labute approximate surface area is 151 Å². The number of halogens is 3. The Bertz CT molecular complexity index is 883. The predicted octanol–water partition coefficient (Wildman–Crippen LogP) is 2.17. The van der Waals surface area contributed by atoms with Crippen molar-refractivity contribution in [2.24, 2.45) is 0 Å². The number of alkyl halides is 3. The van der Waals surface area contributed by atoms with Crippen LogP contribution in [0.25, 0.3) is 10.1 Å². The molecule has 0 N–H and O–H groups in total. The number of hydrogen-bond donors (Lipinski definition) is 0. The van der Waals surface area contributed by atoms with Crippen molar-refractivity contribution in [3.63, 3.8) is 0 Å². The smallest absolute Gasteiger partial charge is 0.354 e. The Morgan fingerprint density at radius 1 is 1.12 bits per heavy atom. The van der Waals surface area contributed by atoms with E-state index in [-0.39, 0.29) is 0 Å². The van der Waals surface area contributed by atoms with Crippen molar-refractivity contribution in [1.82, 2.24) is 30.1 Å². The molecule has 7 nitrogen and oxygen atoms in total. The molecule has 0 amide bonds. The van der Waals surface area contributed by atoms with Crippen LogP contribution >= 0.6 is 11.3 Å². The van der Waals surface area contributed by atoms with Crippen molar-refractivity contribution in [3.05, 3.63) is 29.5 Å². The molecule has 3 aromatic heterocycles. The number of piperazine rings is 1. The van der Waals surface area contributed by atoms with Crippen LogP contribution < -0.4 is 4.90 Å². The number of tetrazole rings is 1. The van der Waals surface area contributed by atoms with Crippen LogP contribution in [-0.4, -0.2) is 62.4 Å². The molecule has 4 heterocycles. The summed E-state index contributed by atoms with van der Waals surface area (Å²) in [6, 6.07) is 4.09. The van der Waals surface area contributed by atoms with Crippen LogP contribution in [0.2, 0.25) is 0 Å². The molecule has 0 spiro atoms. The standard InChI is InChI=1S/C15H16F3N7S/c16-15(17,18)10-25-21-13(20-22-25)9-23-4-6-24(7-5-23)14-11-2-8-26-12(11)1-3-19-14/h1-3,8H,4-7,9-10H2. The lowest BCUT2D eigenvalue weighted by atomic mass is 10.2. The van der Waals surface area contributed by atoms with E-state index in [2.05, 4.69) is 41.6 Å². The van der Waals surface area contributed by atoms with Gasteiger partial charge in [-0.25, -0.2) is 4.98 Å². The molecule has 1 fully saturated rings. The van der Waals surface area contributed by atoms with Crippen molar-refractivity contribution in [2.45, 2.75) is 19.3 Å². The summed E-state index contributed by atoms with van der Waals surface area (Å²) in [7, 11) is 0. The van der Waals surface area contributed by atoms with E-state index >= 15 is 0 Å². The number of hydrogen-bond acceptors (Lipinski definition) is 7. The van der Waals surface area contributed by atoms with Gasteiger partial charge >= 0.3 is 6.18 Å². The summed E-state index contributed by atoms with van der Waals surface area (Å²) in [5.74, 6) is 1.29. The second kappa shape index (κ2) is 6.80. The molecule has 26 heavy (non-hydrogen) atoms. The highest BCUT2D eigenvalue weighted by atomic mass is 32.1. The van der Waals surface area contributed by atoms with Crippen molar-refractivity contribution >= 4 is 27.2 Å². The van der Waals surface area contributed by atoms with Gasteiger partial charge in [0.1, 0.15) is 5.82 Å². The fourth-order valence-electron chi connectivity index (χ4n) is 3.02. The molecule has 0 saturated carbocycles. The van der Waals surface area contributed by atoms with Crippen LogP contribution in [0.15, 0.2) is 23.7 Å². The average Bonchev–Trinajstić information content (AvgIpc) is 3.23. The predicted molar refractivity (Wildman–Crippen MR) is 91.0 cm³/mol. The van der Waals surface area contributed by atoms with Gasteiger partial charge in [0, 0.05) is 42.5 Å². The van der Waals surface area contributed by atoms with Gasteiger partial charge in [-0.2, -0.15) is 18.0 Å². The summed E-state index contributed by atoms with van der Waals surface area (Å²) in [6.45, 7) is 2.27. The molecular weight excluding hydrogens is 367 g/mol. The minimum absolute atomic E-state index is 0.306. The summed E-state index contributed by atoms with van der Waals surface area (Å²) in [6.07, 6.45) is -2.53. The number of pyridine rings is 1. The number of nitrogens with zero attached hydrogens (tertiary/aromatic N) is 7. The summed E-state index contributed by atoms with van der Waals surface area (Å²) in [5.41, 5.74) is 0. The minimum atomic E-state index is -4.35. The lowest BCUT2D eigenvalue weighted by Gasteiger charge is -2.35. The third-order valence-corrected chi connectivity index (χ3v) is 5.09. The quantitative estimate of drug-likeness (QED) is 0.688. The van der Waals surface area contributed by atoms with Crippen LogP contribution in [0.3, 0.4) is 0 Å². The number of fused-ring (bicyclic) bond motifs is 1. The fourth-order valence-corrected chi connectivity index (χ4v) is 3.79. The number of thiophene rings is 1. The first-order valence-corrected chi connectivity index (χ1v) is 8.99. The highest BCUT2D eigenvalue weighted by Gasteiger charge is 2.30. The summed E-state index contributed by atoms with van der Waals surface area (Å²) in [4.78, 5) is 9.45. The molecule has 1 aliphatic rings. The summed E-state index contributed by atoms with van der Waals surface area (Å²) >= 11 is 1.69. The van der Waals surface area contributed by atoms with Crippen LogP contribution in [-0.2, 0) is 13.1 Å². The zero-order chi connectivity index (χ0) is 18.1. The third kappa shape index (κ3) is 3.78. The number of anilines is 1. The molecule has 138 valence electrons. The van der Waals surface area contributed by atoms with Crippen LogP contribution in [0, 0.1) is 0 Å². The van der Waals surface area contributed by atoms with Crippen LogP contribution in [0.1, 0.15) is 5.82 Å². The summed E-state index contributed by atoms with van der Waals surface area (Å²) < 4.78 is 38.3. The van der Waals surface area contributed by atoms with E-state index < -0.39 is 12.7 Å². The van der Waals surface area contributed by atoms with Gasteiger partial charge in [0.25, 0.3) is 0 Å². The zero-order valence-electron chi connectivity index (χ0n) is 13.7. The van der Waals surface area contributed by atoms with Crippen molar-refractivity contribution in [1.29, 1.82) is 0 Å². The van der Waals surface area contributed by atoms with Gasteiger partial charge in [-0.3, -0.25) is 4.90 Å². The van der Waals surface area contributed by atoms with Gasteiger partial charge < -0.3 is 4.90 Å². The maximum atomic E-state index is 12.4. The van der Waals surface area contributed by atoms with Crippen molar-refractivity contribution in [3.8, 4) is 0 Å². The van der Waals surface area contributed by atoms with E-state index in [0.29, 0.717) is 17.2 Å². The molecule has 1 aliphatic heterocycles. The maximum absolute atomic E-state index is 12.4. The molecule has 11 heteroatoms. The highest BCUT2D eigenvalue weighted by Crippen LogP contribution is 2.29. The molecule has 0 radical (unpaired) electrons. The Balaban J connectivity index is 1.36. The molecule has 3 aromatic rings. The molecule has 0 bridgehead atoms. The topological polar surface area (TPSA) is 63.0 Å². The van der Waals surface area contributed by atoms with Gasteiger partial charge in [0.05, 0.1) is 6.54 Å². The molecule has 4 rings (SSSR count). The molecular formula is C15H16F3N7S. The second-order valence-electron chi connectivity index (χ2n) is 6.08. The third-order valence-electron chi connectivity index (χ3n) is 4.21. The van der Waals surface area contributed by atoms with E-state index in [1.54, 1.807) is 11.3 Å². The Morgan fingerprint density at radius 3 is 2.69 bits per heavy atom. The SMILES string of the molecule is FC(F)(F)Cn1nnc(CN2CCN(c3nccc4sccc34)CC2)n1. The molecule has 0 aromatic carbocycles. The first-order chi connectivity index (χ1) is 12.5. The minimum Gasteiger partial charge on any atom is -0.354 e. The first kappa shape index (κ1) is 17.2. The zero-order valence-corrected chi connectivity index (χ0v) is 14.5. The number of aromatic nitrogens is 5. The number of rotatable bonds is 4. The van der Waals surface area contributed by atoms with E-state index in [1.807, 2.05) is 12.3 Å². The van der Waals surface area contributed by atoms with E-state index in [1.165, 1.54) is 4.70 Å². The Hall–Kier alpha value is -2.27. The van der Waals surface area contributed by atoms with Crippen molar-refractivity contribution < 1.29 is 13.2 Å². The van der Waals surface area contributed by atoms with Crippen LogP contribution in [0.4, 0.5) is 19.0 Å². The molecule has 0 unspecified atom stereocenters. The lowest BCUT2D eigenvalue weighted by molar-refractivity contribution is -0.145. The summed E-state index contributed by atoms with van der Waals surface area (Å²) in [5, 5.41) is 14.2. The molecule has 0 aliphatic carbocycles. The largest absolute Gasteiger partial charge is 0.409 e.